The van der Waals surface area contributed by atoms with E-state index in [0.29, 0.717) is 16.4 Å². The fourth-order valence-electron chi connectivity index (χ4n) is 2.39. The predicted octanol–water partition coefficient (Wildman–Crippen LogP) is 2.38. The molecule has 0 saturated heterocycles. The van der Waals surface area contributed by atoms with Gasteiger partial charge in [-0.15, -0.1) is 0 Å². The van der Waals surface area contributed by atoms with E-state index < -0.39 is 24.5 Å². The summed E-state index contributed by atoms with van der Waals surface area (Å²) in [4.78, 5) is 34.9. The van der Waals surface area contributed by atoms with Gasteiger partial charge in [0.1, 0.15) is 5.15 Å². The van der Waals surface area contributed by atoms with Crippen LogP contribution in [0.4, 0.5) is 4.79 Å². The molecule has 1 fully saturated rings. The van der Waals surface area contributed by atoms with Crippen molar-refractivity contribution >= 4 is 35.6 Å². The van der Waals surface area contributed by atoms with Gasteiger partial charge in [0.2, 0.25) is 0 Å². The maximum absolute atomic E-state index is 11.8. The molecule has 1 saturated carbocycles. The molecule has 0 aliphatic heterocycles. The Labute approximate surface area is 166 Å². The van der Waals surface area contributed by atoms with Gasteiger partial charge in [-0.2, -0.15) is 5.10 Å². The van der Waals surface area contributed by atoms with E-state index >= 15 is 0 Å². The number of benzene rings is 1. The van der Waals surface area contributed by atoms with Crippen molar-refractivity contribution in [1.29, 1.82) is 0 Å². The van der Waals surface area contributed by atoms with Crippen LogP contribution in [0.5, 0.6) is 0 Å². The molecule has 9 heteroatoms. The zero-order chi connectivity index (χ0) is 20.1. The van der Waals surface area contributed by atoms with Crippen LogP contribution in [0.15, 0.2) is 36.4 Å². The van der Waals surface area contributed by atoms with E-state index in [2.05, 4.69) is 15.7 Å². The number of para-hydroxylation sites is 1. The smallest absolute Gasteiger partial charge is 0.331 e. The van der Waals surface area contributed by atoms with Crippen LogP contribution in [-0.4, -0.2) is 40.3 Å². The average molecular weight is 403 g/mol. The molecule has 1 aromatic heterocycles. The van der Waals surface area contributed by atoms with Gasteiger partial charge in [-0.25, -0.2) is 14.3 Å². The Hall–Kier alpha value is -3.13. The number of carbonyl (C=O) groups excluding carboxylic acids is 3. The fraction of sp³-hybridized carbons (Fsp3) is 0.263. The Balaban J connectivity index is 1.54. The first-order chi connectivity index (χ1) is 13.4. The Kier molecular flexibility index (Phi) is 6.10. The number of aromatic nitrogens is 2. The average Bonchev–Trinajstić information content (AvgIpc) is 3.43. The molecular weight excluding hydrogens is 384 g/mol. The quantitative estimate of drug-likeness (QED) is 0.570. The Morgan fingerprint density at radius 1 is 1.29 bits per heavy atom. The van der Waals surface area contributed by atoms with Crippen molar-refractivity contribution < 1.29 is 19.1 Å². The highest BCUT2D eigenvalue weighted by atomic mass is 35.5. The zero-order valence-electron chi connectivity index (χ0n) is 15.1. The third kappa shape index (κ3) is 5.20. The van der Waals surface area contributed by atoms with Crippen molar-refractivity contribution in [3.63, 3.8) is 0 Å². The van der Waals surface area contributed by atoms with E-state index in [-0.39, 0.29) is 6.04 Å². The summed E-state index contributed by atoms with van der Waals surface area (Å²) in [6, 6.07) is 8.88. The first-order valence-electron chi connectivity index (χ1n) is 8.70. The van der Waals surface area contributed by atoms with Crippen LogP contribution >= 0.6 is 11.6 Å². The van der Waals surface area contributed by atoms with Gasteiger partial charge in [0, 0.05) is 17.7 Å². The predicted molar refractivity (Wildman–Crippen MR) is 103 cm³/mol. The van der Waals surface area contributed by atoms with Crippen LogP contribution in [0.2, 0.25) is 5.15 Å². The van der Waals surface area contributed by atoms with E-state index in [1.54, 1.807) is 11.6 Å². The van der Waals surface area contributed by atoms with Gasteiger partial charge in [-0.1, -0.05) is 29.8 Å². The van der Waals surface area contributed by atoms with Gasteiger partial charge < -0.3 is 10.1 Å². The lowest BCUT2D eigenvalue weighted by atomic mass is 10.2. The highest BCUT2D eigenvalue weighted by Crippen LogP contribution is 2.24. The summed E-state index contributed by atoms with van der Waals surface area (Å²) in [5.41, 5.74) is 1.99. The van der Waals surface area contributed by atoms with Gasteiger partial charge in [0.15, 0.2) is 6.61 Å². The van der Waals surface area contributed by atoms with Gasteiger partial charge in [0.05, 0.1) is 11.4 Å². The second-order valence-electron chi connectivity index (χ2n) is 6.27. The molecule has 0 bridgehead atoms. The molecule has 1 heterocycles. The lowest BCUT2D eigenvalue weighted by Gasteiger charge is -2.05. The molecule has 1 aliphatic rings. The molecule has 28 heavy (non-hydrogen) atoms. The SMILES string of the molecule is Cc1nn(-c2ccccc2)c(Cl)c1/C=C/C(=O)OCC(=O)NC(=O)NC1CC1. The Morgan fingerprint density at radius 2 is 2.00 bits per heavy atom. The van der Waals surface area contributed by atoms with Crippen LogP contribution in [0.25, 0.3) is 11.8 Å². The molecule has 3 rings (SSSR count). The number of rotatable bonds is 6. The maximum Gasteiger partial charge on any atom is 0.331 e. The number of hydrogen-bond donors (Lipinski definition) is 2. The van der Waals surface area contributed by atoms with Crippen LogP contribution in [0, 0.1) is 6.92 Å². The van der Waals surface area contributed by atoms with Crippen molar-refractivity contribution in [3.05, 3.63) is 52.8 Å². The fourth-order valence-corrected chi connectivity index (χ4v) is 2.72. The van der Waals surface area contributed by atoms with Crippen LogP contribution in [0.1, 0.15) is 24.1 Å². The highest BCUT2D eigenvalue weighted by Gasteiger charge is 2.24. The summed E-state index contributed by atoms with van der Waals surface area (Å²) < 4.78 is 6.39. The topological polar surface area (TPSA) is 102 Å². The summed E-state index contributed by atoms with van der Waals surface area (Å²) in [6.07, 6.45) is 4.45. The molecule has 1 aliphatic carbocycles. The molecule has 2 aromatic rings. The minimum absolute atomic E-state index is 0.128. The van der Waals surface area contributed by atoms with Crippen LogP contribution in [-0.2, 0) is 14.3 Å². The third-order valence-electron chi connectivity index (χ3n) is 3.95. The minimum atomic E-state index is -0.735. The molecule has 0 spiro atoms. The number of hydrogen-bond acceptors (Lipinski definition) is 5. The lowest BCUT2D eigenvalue weighted by Crippen LogP contribution is -2.42. The summed E-state index contributed by atoms with van der Waals surface area (Å²) >= 11 is 6.37. The number of aryl methyl sites for hydroxylation is 1. The van der Waals surface area contributed by atoms with Crippen molar-refractivity contribution in [2.75, 3.05) is 6.61 Å². The van der Waals surface area contributed by atoms with Gasteiger partial charge in [-0.05, 0) is 38.0 Å². The normalized spacial score (nSPS) is 13.4. The first kappa shape index (κ1) is 19.6. The number of halogens is 1. The van der Waals surface area contributed by atoms with Crippen molar-refractivity contribution in [2.24, 2.45) is 0 Å². The summed E-state index contributed by atoms with van der Waals surface area (Å²) in [7, 11) is 0. The lowest BCUT2D eigenvalue weighted by molar-refractivity contribution is -0.143. The molecule has 146 valence electrons. The Morgan fingerprint density at radius 3 is 2.68 bits per heavy atom. The van der Waals surface area contributed by atoms with E-state index in [9.17, 15) is 14.4 Å². The molecule has 0 atom stereocenters. The monoisotopic (exact) mass is 402 g/mol. The molecule has 0 radical (unpaired) electrons. The van der Waals surface area contributed by atoms with Gasteiger partial charge >= 0.3 is 12.0 Å². The molecule has 3 amide bonds. The van der Waals surface area contributed by atoms with E-state index in [0.717, 1.165) is 24.6 Å². The number of imide groups is 1. The van der Waals surface area contributed by atoms with Crippen molar-refractivity contribution in [1.82, 2.24) is 20.4 Å². The van der Waals surface area contributed by atoms with E-state index in [1.165, 1.54) is 6.08 Å². The number of nitrogens with one attached hydrogen (secondary N) is 2. The molecule has 8 nitrogen and oxygen atoms in total. The molecule has 1 aromatic carbocycles. The van der Waals surface area contributed by atoms with Gasteiger partial charge in [0.25, 0.3) is 5.91 Å². The second-order valence-corrected chi connectivity index (χ2v) is 6.63. The largest absolute Gasteiger partial charge is 0.452 e. The number of esters is 1. The van der Waals surface area contributed by atoms with Crippen LogP contribution < -0.4 is 10.6 Å². The third-order valence-corrected chi connectivity index (χ3v) is 4.31. The van der Waals surface area contributed by atoms with Crippen LogP contribution in [0.3, 0.4) is 0 Å². The van der Waals surface area contributed by atoms with Crippen molar-refractivity contribution in [3.8, 4) is 5.69 Å². The maximum atomic E-state index is 11.8. The number of nitrogens with zero attached hydrogens (tertiary/aromatic N) is 2. The summed E-state index contributed by atoms with van der Waals surface area (Å²) in [6.45, 7) is 1.21. The molecule has 0 unspecified atom stereocenters. The minimum Gasteiger partial charge on any atom is -0.452 e. The highest BCUT2D eigenvalue weighted by molar-refractivity contribution is 6.31. The zero-order valence-corrected chi connectivity index (χ0v) is 15.9. The number of amides is 3. The van der Waals surface area contributed by atoms with E-state index in [1.807, 2.05) is 30.3 Å². The summed E-state index contributed by atoms with van der Waals surface area (Å²) in [5.74, 6) is -1.44. The van der Waals surface area contributed by atoms with E-state index in [4.69, 9.17) is 16.3 Å². The standard InChI is InChI=1S/C19H19ClN4O4/c1-12-15(18(20)24(23-12)14-5-3-2-4-6-14)9-10-17(26)28-11-16(25)22-19(27)21-13-7-8-13/h2-6,9-10,13H,7-8,11H2,1H3,(H2,21,22,25,27)/b10-9+. The number of urea groups is 1. The second kappa shape index (κ2) is 8.71. The first-order valence-corrected chi connectivity index (χ1v) is 9.07. The Bertz CT molecular complexity index is 920. The van der Waals surface area contributed by atoms with Gasteiger partial charge in [-0.3, -0.25) is 10.1 Å². The molecule has 2 N–H and O–H groups in total. The number of ether oxygens (including phenoxy) is 1. The van der Waals surface area contributed by atoms with Crippen molar-refractivity contribution in [2.45, 2.75) is 25.8 Å². The molecular formula is C19H19ClN4O4. The number of carbonyl (C=O) groups is 3. The summed E-state index contributed by atoms with van der Waals surface area (Å²) in [5, 5.41) is 9.41.